The Balaban J connectivity index is 2.10. The van der Waals surface area contributed by atoms with E-state index >= 15 is 0 Å². The Hall–Kier alpha value is -2.87. The SMILES string of the molecule is CCOCC1(C)CN(c2cccc[n+]2[O-])c2cc([N+](=O)[O-])ccc2O1. The van der Waals surface area contributed by atoms with Crippen molar-refractivity contribution in [3.63, 3.8) is 0 Å². The minimum absolute atomic E-state index is 0.0610. The number of hydrogen-bond acceptors (Lipinski definition) is 6. The molecule has 25 heavy (non-hydrogen) atoms. The molecule has 1 aliphatic rings. The summed E-state index contributed by atoms with van der Waals surface area (Å²) in [7, 11) is 0. The molecule has 0 bridgehead atoms. The average Bonchev–Trinajstić information content (AvgIpc) is 2.59. The molecule has 0 amide bonds. The third kappa shape index (κ3) is 3.34. The lowest BCUT2D eigenvalue weighted by atomic mass is 10.0. The first-order valence-corrected chi connectivity index (χ1v) is 7.94. The lowest BCUT2D eigenvalue weighted by Crippen LogP contribution is -2.52. The summed E-state index contributed by atoms with van der Waals surface area (Å²) in [6, 6.07) is 9.41. The maximum atomic E-state index is 12.2. The molecule has 1 unspecified atom stereocenters. The lowest BCUT2D eigenvalue weighted by Gasteiger charge is -2.38. The van der Waals surface area contributed by atoms with Gasteiger partial charge in [-0.3, -0.25) is 10.1 Å². The van der Waals surface area contributed by atoms with Gasteiger partial charge in [-0.25, -0.2) is 9.63 Å². The minimum atomic E-state index is -0.692. The molecule has 3 rings (SSSR count). The van der Waals surface area contributed by atoms with Crippen LogP contribution in [0.5, 0.6) is 5.75 Å². The van der Waals surface area contributed by atoms with Gasteiger partial charge >= 0.3 is 0 Å². The summed E-state index contributed by atoms with van der Waals surface area (Å²) in [4.78, 5) is 12.4. The topological polar surface area (TPSA) is 91.8 Å². The monoisotopic (exact) mass is 345 g/mol. The Bertz CT molecular complexity index is 798. The van der Waals surface area contributed by atoms with E-state index in [4.69, 9.17) is 9.47 Å². The molecule has 1 aromatic carbocycles. The smallest absolute Gasteiger partial charge is 0.285 e. The maximum Gasteiger partial charge on any atom is 0.285 e. The van der Waals surface area contributed by atoms with E-state index in [1.165, 1.54) is 18.3 Å². The molecule has 1 aromatic heterocycles. The van der Waals surface area contributed by atoms with Crippen molar-refractivity contribution in [2.24, 2.45) is 0 Å². The highest BCUT2D eigenvalue weighted by atomic mass is 16.6. The highest BCUT2D eigenvalue weighted by molar-refractivity contribution is 5.70. The van der Waals surface area contributed by atoms with Crippen molar-refractivity contribution in [1.29, 1.82) is 0 Å². The zero-order valence-electron chi connectivity index (χ0n) is 14.0. The van der Waals surface area contributed by atoms with Crippen molar-refractivity contribution < 1.29 is 19.1 Å². The van der Waals surface area contributed by atoms with Gasteiger partial charge in [-0.15, -0.1) is 0 Å². The number of pyridine rings is 1. The van der Waals surface area contributed by atoms with Gasteiger partial charge in [0.1, 0.15) is 6.54 Å². The molecule has 0 aliphatic carbocycles. The largest absolute Gasteiger partial charge is 0.711 e. The lowest BCUT2D eigenvalue weighted by molar-refractivity contribution is -0.592. The van der Waals surface area contributed by atoms with Gasteiger partial charge in [0.2, 0.25) is 0 Å². The Morgan fingerprint density at radius 2 is 2.20 bits per heavy atom. The Morgan fingerprint density at radius 1 is 1.40 bits per heavy atom. The summed E-state index contributed by atoms with van der Waals surface area (Å²) < 4.78 is 12.3. The summed E-state index contributed by atoms with van der Waals surface area (Å²) in [5, 5.41) is 23.4. The van der Waals surface area contributed by atoms with E-state index < -0.39 is 10.5 Å². The quantitative estimate of drug-likeness (QED) is 0.358. The summed E-state index contributed by atoms with van der Waals surface area (Å²) in [5.41, 5.74) is -0.268. The number of ether oxygens (including phenoxy) is 2. The molecule has 0 saturated carbocycles. The fourth-order valence-corrected chi connectivity index (χ4v) is 2.86. The predicted molar refractivity (Wildman–Crippen MR) is 91.0 cm³/mol. The highest BCUT2D eigenvalue weighted by Crippen LogP contribution is 2.42. The zero-order valence-corrected chi connectivity index (χ0v) is 14.0. The number of hydrogen-bond donors (Lipinski definition) is 0. The van der Waals surface area contributed by atoms with Crippen molar-refractivity contribution in [3.05, 3.63) is 57.9 Å². The maximum absolute atomic E-state index is 12.2. The number of non-ortho nitro benzene ring substituents is 1. The molecule has 2 heterocycles. The average molecular weight is 345 g/mol. The molecule has 132 valence electrons. The molecule has 1 aliphatic heterocycles. The minimum Gasteiger partial charge on any atom is -0.711 e. The molecule has 0 saturated heterocycles. The zero-order chi connectivity index (χ0) is 18.0. The van der Waals surface area contributed by atoms with Crippen molar-refractivity contribution in [2.45, 2.75) is 19.4 Å². The third-order valence-corrected chi connectivity index (χ3v) is 3.98. The van der Waals surface area contributed by atoms with Crippen LogP contribution in [-0.4, -0.2) is 30.3 Å². The van der Waals surface area contributed by atoms with Gasteiger partial charge in [0.05, 0.1) is 23.8 Å². The van der Waals surface area contributed by atoms with E-state index in [0.717, 1.165) is 4.73 Å². The number of fused-ring (bicyclic) bond motifs is 1. The summed E-state index contributed by atoms with van der Waals surface area (Å²) in [6.45, 7) is 4.98. The standard InChI is InChI=1S/C17H19N3O5/c1-3-24-12-17(2)11-18(16-6-4-5-9-19(16)21)14-10-13(20(22)23)7-8-15(14)25-17/h4-10H,3,11-12H2,1-2H3. The number of rotatable bonds is 5. The number of aromatic nitrogens is 1. The number of anilines is 2. The molecule has 2 aromatic rings. The van der Waals surface area contributed by atoms with Crippen LogP contribution in [0.3, 0.4) is 0 Å². The first kappa shape index (κ1) is 17.0. The van der Waals surface area contributed by atoms with Crippen LogP contribution in [0, 0.1) is 15.3 Å². The summed E-state index contributed by atoms with van der Waals surface area (Å²) >= 11 is 0. The Kier molecular flexibility index (Phi) is 4.45. The van der Waals surface area contributed by atoms with Crippen molar-refractivity contribution in [1.82, 2.24) is 0 Å². The number of nitrogens with zero attached hydrogens (tertiary/aromatic N) is 3. The van der Waals surface area contributed by atoms with Gasteiger partial charge in [0.25, 0.3) is 11.5 Å². The van der Waals surface area contributed by atoms with Crippen molar-refractivity contribution in [3.8, 4) is 5.75 Å². The van der Waals surface area contributed by atoms with E-state index in [0.29, 0.717) is 37.0 Å². The Morgan fingerprint density at radius 3 is 2.88 bits per heavy atom. The van der Waals surface area contributed by atoms with Crippen molar-refractivity contribution in [2.75, 3.05) is 24.7 Å². The first-order valence-electron chi connectivity index (χ1n) is 7.94. The van der Waals surface area contributed by atoms with Gasteiger partial charge in [-0.2, -0.15) is 0 Å². The summed E-state index contributed by atoms with van der Waals surface area (Å²) in [5.74, 6) is 0.846. The Labute approximate surface area is 144 Å². The van der Waals surface area contributed by atoms with E-state index in [2.05, 4.69) is 0 Å². The molecule has 8 nitrogen and oxygen atoms in total. The molecule has 0 N–H and O–H groups in total. The van der Waals surface area contributed by atoms with Crippen LogP contribution >= 0.6 is 0 Å². The molecule has 8 heteroatoms. The van der Waals surface area contributed by atoms with Crippen LogP contribution < -0.4 is 14.4 Å². The fraction of sp³-hybridized carbons (Fsp3) is 0.353. The van der Waals surface area contributed by atoms with Crippen LogP contribution in [0.2, 0.25) is 0 Å². The number of benzene rings is 1. The molecular weight excluding hydrogens is 326 g/mol. The third-order valence-electron chi connectivity index (χ3n) is 3.98. The van der Waals surface area contributed by atoms with Crippen molar-refractivity contribution >= 4 is 17.2 Å². The van der Waals surface area contributed by atoms with E-state index in [1.54, 1.807) is 29.2 Å². The van der Waals surface area contributed by atoms with E-state index in [9.17, 15) is 15.3 Å². The van der Waals surface area contributed by atoms with E-state index in [1.807, 2.05) is 13.8 Å². The normalized spacial score (nSPS) is 19.2. The summed E-state index contributed by atoms with van der Waals surface area (Å²) in [6.07, 6.45) is 1.39. The van der Waals surface area contributed by atoms with Gasteiger partial charge < -0.3 is 14.7 Å². The fourth-order valence-electron chi connectivity index (χ4n) is 2.86. The van der Waals surface area contributed by atoms with Gasteiger partial charge in [-0.05, 0) is 26.0 Å². The predicted octanol–water partition coefficient (Wildman–Crippen LogP) is 2.55. The second-order valence-electron chi connectivity index (χ2n) is 6.07. The van der Waals surface area contributed by atoms with Crippen LogP contribution in [0.25, 0.3) is 0 Å². The van der Waals surface area contributed by atoms with E-state index in [-0.39, 0.29) is 5.69 Å². The van der Waals surface area contributed by atoms with Crippen LogP contribution in [0.15, 0.2) is 42.6 Å². The van der Waals surface area contributed by atoms with Gasteiger partial charge in [-0.1, -0.05) is 6.07 Å². The molecule has 0 radical (unpaired) electrons. The number of nitro groups is 1. The van der Waals surface area contributed by atoms with Crippen LogP contribution in [0.1, 0.15) is 13.8 Å². The molecular formula is C17H19N3O5. The van der Waals surface area contributed by atoms with Crippen LogP contribution in [0.4, 0.5) is 17.2 Å². The number of nitro benzene ring substituents is 1. The highest BCUT2D eigenvalue weighted by Gasteiger charge is 2.42. The van der Waals surface area contributed by atoms with Gasteiger partial charge in [0.15, 0.2) is 17.0 Å². The van der Waals surface area contributed by atoms with Gasteiger partial charge in [0, 0.05) is 18.7 Å². The molecule has 0 fully saturated rings. The first-order chi connectivity index (χ1) is 11.9. The second kappa shape index (κ2) is 6.56. The van der Waals surface area contributed by atoms with Crippen LogP contribution in [-0.2, 0) is 4.74 Å². The molecule has 1 atom stereocenters. The second-order valence-corrected chi connectivity index (χ2v) is 6.07. The molecule has 0 spiro atoms.